The highest BCUT2D eigenvalue weighted by atomic mass is 32.2. The summed E-state index contributed by atoms with van der Waals surface area (Å²) in [6.07, 6.45) is 3.27. The molecular weight excluding hydrogens is 262 g/mol. The first-order valence-electron chi connectivity index (χ1n) is 5.50. The van der Waals surface area contributed by atoms with Crippen LogP contribution >= 0.6 is 11.8 Å². The number of nitrogens with zero attached hydrogens (tertiary/aromatic N) is 1. The lowest BCUT2D eigenvalue weighted by molar-refractivity contribution is 0.0696. The minimum Gasteiger partial charge on any atom is -0.478 e. The number of nitrogens with one attached hydrogen (secondary N) is 1. The average Bonchev–Trinajstić information content (AvgIpc) is 2.41. The van der Waals surface area contributed by atoms with Crippen molar-refractivity contribution in [3.63, 3.8) is 0 Å². The number of nitrogens with two attached hydrogens (primary N) is 1. The van der Waals surface area contributed by atoms with Crippen LogP contribution in [0.25, 0.3) is 0 Å². The molecule has 0 radical (unpaired) electrons. The van der Waals surface area contributed by atoms with Gasteiger partial charge in [-0.1, -0.05) is 6.07 Å². The molecular formula is C13H13N3O2S. The lowest BCUT2D eigenvalue weighted by Crippen LogP contribution is -2.03. The van der Waals surface area contributed by atoms with Gasteiger partial charge in [0, 0.05) is 16.8 Å². The number of hydrogen-bond acceptors (Lipinski definition) is 5. The van der Waals surface area contributed by atoms with Crippen LogP contribution in [-0.2, 0) is 0 Å². The Kier molecular flexibility index (Phi) is 3.91. The van der Waals surface area contributed by atoms with Gasteiger partial charge in [0.15, 0.2) is 5.82 Å². The number of thioether (sulfide) groups is 1. The fourth-order valence-electron chi connectivity index (χ4n) is 1.54. The van der Waals surface area contributed by atoms with Crippen LogP contribution in [0, 0.1) is 0 Å². The van der Waals surface area contributed by atoms with Crippen LogP contribution in [0.5, 0.6) is 0 Å². The van der Waals surface area contributed by atoms with Crippen LogP contribution in [-0.4, -0.2) is 22.3 Å². The minimum absolute atomic E-state index is 0.0703. The molecule has 2 aromatic rings. The predicted octanol–water partition coefficient (Wildman–Crippen LogP) is 2.83. The molecule has 0 aliphatic carbocycles. The Bertz CT molecular complexity index is 617. The van der Waals surface area contributed by atoms with Crippen molar-refractivity contribution in [1.82, 2.24) is 4.98 Å². The molecule has 19 heavy (non-hydrogen) atoms. The summed E-state index contributed by atoms with van der Waals surface area (Å²) in [5, 5.41) is 11.9. The summed E-state index contributed by atoms with van der Waals surface area (Å²) < 4.78 is 0. The van der Waals surface area contributed by atoms with E-state index in [-0.39, 0.29) is 5.56 Å². The number of aromatic nitrogens is 1. The molecule has 1 aromatic heterocycles. The summed E-state index contributed by atoms with van der Waals surface area (Å²) in [5.41, 5.74) is 7.01. The first-order chi connectivity index (χ1) is 9.10. The highest BCUT2D eigenvalue weighted by Gasteiger charge is 2.08. The largest absolute Gasteiger partial charge is 0.478 e. The van der Waals surface area contributed by atoms with Crippen molar-refractivity contribution in [2.45, 2.75) is 4.90 Å². The Labute approximate surface area is 114 Å². The maximum absolute atomic E-state index is 10.8. The molecule has 1 heterocycles. The van der Waals surface area contributed by atoms with E-state index in [9.17, 15) is 4.79 Å². The number of rotatable bonds is 4. The molecule has 0 amide bonds. The molecule has 6 heteroatoms. The second kappa shape index (κ2) is 5.62. The molecule has 0 unspecified atom stereocenters. The molecule has 0 aliphatic rings. The lowest BCUT2D eigenvalue weighted by Gasteiger charge is -2.09. The Morgan fingerprint density at radius 1 is 1.42 bits per heavy atom. The maximum Gasteiger partial charge on any atom is 0.337 e. The van der Waals surface area contributed by atoms with E-state index in [4.69, 9.17) is 10.8 Å². The SMILES string of the molecule is CSc1cccc(Nc2ncc(C(=O)O)cc2N)c1. The van der Waals surface area contributed by atoms with Gasteiger partial charge in [-0.3, -0.25) is 0 Å². The van der Waals surface area contributed by atoms with E-state index in [0.717, 1.165) is 10.6 Å². The second-order valence-electron chi connectivity index (χ2n) is 3.82. The Balaban J connectivity index is 2.25. The van der Waals surface area contributed by atoms with Crippen molar-refractivity contribution in [2.24, 2.45) is 0 Å². The number of benzene rings is 1. The molecule has 0 spiro atoms. The van der Waals surface area contributed by atoms with Gasteiger partial charge in [0.25, 0.3) is 0 Å². The van der Waals surface area contributed by atoms with E-state index in [2.05, 4.69) is 10.3 Å². The van der Waals surface area contributed by atoms with Crippen molar-refractivity contribution < 1.29 is 9.90 Å². The molecule has 0 atom stereocenters. The lowest BCUT2D eigenvalue weighted by atomic mass is 10.2. The molecule has 0 saturated carbocycles. The number of nitrogen functional groups attached to an aromatic ring is 1. The molecule has 5 nitrogen and oxygen atoms in total. The zero-order valence-corrected chi connectivity index (χ0v) is 11.1. The van der Waals surface area contributed by atoms with Crippen molar-refractivity contribution in [3.05, 3.63) is 42.1 Å². The summed E-state index contributed by atoms with van der Waals surface area (Å²) in [4.78, 5) is 15.9. The number of carboxylic acids is 1. The van der Waals surface area contributed by atoms with E-state index in [1.807, 2.05) is 30.5 Å². The quantitative estimate of drug-likeness (QED) is 0.744. The van der Waals surface area contributed by atoms with Crippen LogP contribution in [0.3, 0.4) is 0 Å². The second-order valence-corrected chi connectivity index (χ2v) is 4.70. The molecule has 0 aliphatic heterocycles. The third-order valence-corrected chi connectivity index (χ3v) is 3.22. The van der Waals surface area contributed by atoms with Crippen LogP contribution in [0.1, 0.15) is 10.4 Å². The Morgan fingerprint density at radius 3 is 2.84 bits per heavy atom. The van der Waals surface area contributed by atoms with Crippen LogP contribution in [0.2, 0.25) is 0 Å². The molecule has 0 saturated heterocycles. The topological polar surface area (TPSA) is 88.2 Å². The number of carboxylic acid groups (broad SMARTS) is 1. The van der Waals surface area contributed by atoms with Crippen molar-refractivity contribution in [2.75, 3.05) is 17.3 Å². The Morgan fingerprint density at radius 2 is 2.21 bits per heavy atom. The fourth-order valence-corrected chi connectivity index (χ4v) is 2.00. The third kappa shape index (κ3) is 3.17. The number of hydrogen-bond donors (Lipinski definition) is 3. The number of pyridine rings is 1. The molecule has 2 rings (SSSR count). The first kappa shape index (κ1) is 13.2. The summed E-state index contributed by atoms with van der Waals surface area (Å²) >= 11 is 1.63. The molecule has 0 fully saturated rings. The highest BCUT2D eigenvalue weighted by molar-refractivity contribution is 7.98. The third-order valence-electron chi connectivity index (χ3n) is 2.50. The molecule has 0 bridgehead atoms. The summed E-state index contributed by atoms with van der Waals surface area (Å²) in [5.74, 6) is -0.599. The molecule has 1 aromatic carbocycles. The number of aromatic carboxylic acids is 1. The van der Waals surface area contributed by atoms with Gasteiger partial charge in [0.2, 0.25) is 0 Å². The minimum atomic E-state index is -1.05. The van der Waals surface area contributed by atoms with E-state index in [1.54, 1.807) is 11.8 Å². The monoisotopic (exact) mass is 275 g/mol. The zero-order valence-electron chi connectivity index (χ0n) is 10.3. The fraction of sp³-hybridized carbons (Fsp3) is 0.0769. The highest BCUT2D eigenvalue weighted by Crippen LogP contribution is 2.24. The van der Waals surface area contributed by atoms with Crippen LogP contribution in [0.15, 0.2) is 41.4 Å². The number of anilines is 3. The van der Waals surface area contributed by atoms with Gasteiger partial charge in [0.1, 0.15) is 0 Å². The van der Waals surface area contributed by atoms with Gasteiger partial charge in [-0.05, 0) is 30.5 Å². The zero-order chi connectivity index (χ0) is 13.8. The van der Waals surface area contributed by atoms with Crippen molar-refractivity contribution in [3.8, 4) is 0 Å². The van der Waals surface area contributed by atoms with Gasteiger partial charge < -0.3 is 16.2 Å². The van der Waals surface area contributed by atoms with Crippen LogP contribution < -0.4 is 11.1 Å². The van der Waals surface area contributed by atoms with Gasteiger partial charge >= 0.3 is 5.97 Å². The summed E-state index contributed by atoms with van der Waals surface area (Å²) in [6, 6.07) is 9.18. The first-order valence-corrected chi connectivity index (χ1v) is 6.72. The van der Waals surface area contributed by atoms with Gasteiger partial charge in [-0.2, -0.15) is 0 Å². The van der Waals surface area contributed by atoms with Crippen molar-refractivity contribution in [1.29, 1.82) is 0 Å². The summed E-state index contributed by atoms with van der Waals surface area (Å²) in [7, 11) is 0. The number of carbonyl (C=O) groups is 1. The van der Waals surface area contributed by atoms with Gasteiger partial charge in [0.05, 0.1) is 11.3 Å². The van der Waals surface area contributed by atoms with Crippen LogP contribution in [0.4, 0.5) is 17.2 Å². The summed E-state index contributed by atoms with van der Waals surface area (Å²) in [6.45, 7) is 0. The standard InChI is InChI=1S/C13H13N3O2S/c1-19-10-4-2-3-9(6-10)16-12-11(14)5-8(7-15-12)13(17)18/h2-7H,14H2,1H3,(H,15,16)(H,17,18). The predicted molar refractivity (Wildman–Crippen MR) is 77.1 cm³/mol. The van der Waals surface area contributed by atoms with Gasteiger partial charge in [-0.25, -0.2) is 9.78 Å². The maximum atomic E-state index is 10.8. The smallest absolute Gasteiger partial charge is 0.337 e. The molecule has 98 valence electrons. The Hall–Kier alpha value is -2.21. The van der Waals surface area contributed by atoms with Gasteiger partial charge in [-0.15, -0.1) is 11.8 Å². The van der Waals surface area contributed by atoms with E-state index in [1.165, 1.54) is 12.3 Å². The molecule has 4 N–H and O–H groups in total. The van der Waals surface area contributed by atoms with E-state index in [0.29, 0.717) is 11.5 Å². The van der Waals surface area contributed by atoms with E-state index < -0.39 is 5.97 Å². The van der Waals surface area contributed by atoms with E-state index >= 15 is 0 Å². The normalized spacial score (nSPS) is 10.2. The van der Waals surface area contributed by atoms with Crippen molar-refractivity contribution >= 4 is 34.9 Å². The average molecular weight is 275 g/mol.